The summed E-state index contributed by atoms with van der Waals surface area (Å²) in [6, 6.07) is 5.09. The molecule has 1 heterocycles. The average molecular weight is 322 g/mol. The highest BCUT2D eigenvalue weighted by atomic mass is 16.5. The third-order valence-electron chi connectivity index (χ3n) is 3.80. The van der Waals surface area contributed by atoms with E-state index in [9.17, 15) is 9.59 Å². The second-order valence-electron chi connectivity index (χ2n) is 5.30. The Morgan fingerprint density at radius 3 is 2.74 bits per heavy atom. The number of amides is 1. The molecular weight excluding hydrogens is 300 g/mol. The van der Waals surface area contributed by atoms with Crippen molar-refractivity contribution in [2.24, 2.45) is 5.73 Å². The first kappa shape index (κ1) is 17.2. The number of hydrogen-bond acceptors (Lipinski definition) is 6. The van der Waals surface area contributed by atoms with Crippen molar-refractivity contribution in [2.45, 2.75) is 31.6 Å². The normalized spacial score (nSPS) is 20.1. The molecule has 2 rings (SSSR count). The first-order valence-corrected chi connectivity index (χ1v) is 7.47. The number of carbonyl (C=O) groups is 2. The maximum absolute atomic E-state index is 12.1. The molecule has 0 aliphatic carbocycles. The van der Waals surface area contributed by atoms with E-state index in [1.165, 1.54) is 14.2 Å². The highest BCUT2D eigenvalue weighted by molar-refractivity contribution is 5.92. The molecular formula is C16H22N2O5. The van der Waals surface area contributed by atoms with Gasteiger partial charge in [0.1, 0.15) is 17.4 Å². The van der Waals surface area contributed by atoms with Gasteiger partial charge in [0.15, 0.2) is 0 Å². The van der Waals surface area contributed by atoms with Crippen molar-refractivity contribution in [1.29, 1.82) is 0 Å². The summed E-state index contributed by atoms with van der Waals surface area (Å²) in [5.41, 5.74) is 6.63. The number of hydrogen-bond donors (Lipinski definition) is 2. The number of carbonyl (C=O) groups excluding carboxylic acids is 2. The van der Waals surface area contributed by atoms with Crippen LogP contribution in [0.3, 0.4) is 0 Å². The molecule has 1 aromatic carbocycles. The van der Waals surface area contributed by atoms with Crippen LogP contribution >= 0.6 is 0 Å². The lowest BCUT2D eigenvalue weighted by Gasteiger charge is -2.13. The number of benzene rings is 1. The van der Waals surface area contributed by atoms with E-state index in [-0.39, 0.29) is 12.0 Å². The van der Waals surface area contributed by atoms with Gasteiger partial charge in [0.2, 0.25) is 5.91 Å². The van der Waals surface area contributed by atoms with Crippen LogP contribution in [-0.4, -0.2) is 44.8 Å². The van der Waals surface area contributed by atoms with E-state index in [0.29, 0.717) is 30.8 Å². The lowest BCUT2D eigenvalue weighted by atomic mass is 10.1. The van der Waals surface area contributed by atoms with Gasteiger partial charge >= 0.3 is 5.97 Å². The van der Waals surface area contributed by atoms with Crippen LogP contribution in [0.2, 0.25) is 0 Å². The summed E-state index contributed by atoms with van der Waals surface area (Å²) in [4.78, 5) is 23.8. The molecule has 7 heteroatoms. The van der Waals surface area contributed by atoms with E-state index in [4.69, 9.17) is 19.9 Å². The van der Waals surface area contributed by atoms with Crippen LogP contribution in [-0.2, 0) is 20.8 Å². The second kappa shape index (κ2) is 7.94. The Morgan fingerprint density at radius 2 is 2.13 bits per heavy atom. The minimum Gasteiger partial charge on any atom is -0.496 e. The third-order valence-corrected chi connectivity index (χ3v) is 3.80. The topological polar surface area (TPSA) is 99.9 Å². The van der Waals surface area contributed by atoms with Gasteiger partial charge in [-0.05, 0) is 30.5 Å². The van der Waals surface area contributed by atoms with Crippen molar-refractivity contribution in [3.63, 3.8) is 0 Å². The zero-order chi connectivity index (χ0) is 16.8. The lowest BCUT2D eigenvalue weighted by molar-refractivity contribution is -0.132. The number of rotatable bonds is 6. The molecule has 1 fully saturated rings. The summed E-state index contributed by atoms with van der Waals surface area (Å²) in [7, 11) is 2.79. The molecule has 7 nitrogen and oxygen atoms in total. The minimum absolute atomic E-state index is 0.0438. The first-order valence-electron chi connectivity index (χ1n) is 7.47. The van der Waals surface area contributed by atoms with E-state index in [2.05, 4.69) is 5.32 Å². The standard InChI is InChI=1S/C16H22N2O5/c1-21-13-5-3-10(7-12(13)16(20)22-2)9-18-15(19)14-6-4-11(8-17)23-14/h3,5,7,11,14H,4,6,8-9,17H2,1-2H3,(H,18,19)/t11-,14+/m1/s1. The number of ether oxygens (including phenoxy) is 3. The molecule has 1 amide bonds. The maximum atomic E-state index is 12.1. The van der Waals surface area contributed by atoms with Gasteiger partial charge in [0.05, 0.1) is 20.3 Å². The zero-order valence-electron chi connectivity index (χ0n) is 13.3. The van der Waals surface area contributed by atoms with Crippen molar-refractivity contribution in [3.05, 3.63) is 29.3 Å². The molecule has 0 unspecified atom stereocenters. The van der Waals surface area contributed by atoms with Gasteiger partial charge < -0.3 is 25.3 Å². The predicted molar refractivity (Wildman–Crippen MR) is 83.1 cm³/mol. The maximum Gasteiger partial charge on any atom is 0.341 e. The molecule has 1 saturated heterocycles. The fourth-order valence-electron chi connectivity index (χ4n) is 2.51. The van der Waals surface area contributed by atoms with E-state index in [1.807, 2.05) is 0 Å². The molecule has 1 aromatic rings. The molecule has 0 bridgehead atoms. The molecule has 2 atom stereocenters. The van der Waals surface area contributed by atoms with Crippen molar-refractivity contribution < 1.29 is 23.8 Å². The molecule has 1 aliphatic heterocycles. The van der Waals surface area contributed by atoms with Crippen molar-refractivity contribution >= 4 is 11.9 Å². The zero-order valence-corrected chi connectivity index (χ0v) is 13.3. The van der Waals surface area contributed by atoms with Crippen LogP contribution < -0.4 is 15.8 Å². The van der Waals surface area contributed by atoms with Crippen LogP contribution in [0.5, 0.6) is 5.75 Å². The van der Waals surface area contributed by atoms with Crippen molar-refractivity contribution in [3.8, 4) is 5.75 Å². The van der Waals surface area contributed by atoms with Crippen LogP contribution in [0.1, 0.15) is 28.8 Å². The van der Waals surface area contributed by atoms with Crippen molar-refractivity contribution in [1.82, 2.24) is 5.32 Å². The lowest BCUT2D eigenvalue weighted by Crippen LogP contribution is -2.35. The number of nitrogens with one attached hydrogen (secondary N) is 1. The monoisotopic (exact) mass is 322 g/mol. The summed E-state index contributed by atoms with van der Waals surface area (Å²) < 4.78 is 15.4. The molecule has 1 aliphatic rings. The summed E-state index contributed by atoms with van der Waals surface area (Å²) >= 11 is 0. The summed E-state index contributed by atoms with van der Waals surface area (Å²) in [5.74, 6) is -0.229. The Morgan fingerprint density at radius 1 is 1.35 bits per heavy atom. The van der Waals surface area contributed by atoms with Gasteiger partial charge in [-0.3, -0.25) is 4.79 Å². The largest absolute Gasteiger partial charge is 0.496 e. The Kier molecular flexibility index (Phi) is 5.95. The number of methoxy groups -OCH3 is 2. The Bertz CT molecular complexity index is 576. The predicted octanol–water partition coefficient (Wildman–Crippen LogP) is 0.604. The van der Waals surface area contributed by atoms with Gasteiger partial charge in [0.25, 0.3) is 0 Å². The summed E-state index contributed by atoms with van der Waals surface area (Å²) in [6.07, 6.45) is 0.965. The summed E-state index contributed by atoms with van der Waals surface area (Å²) in [5, 5.41) is 2.81. The van der Waals surface area contributed by atoms with Gasteiger partial charge in [-0.1, -0.05) is 6.07 Å². The van der Waals surface area contributed by atoms with Crippen LogP contribution in [0.15, 0.2) is 18.2 Å². The van der Waals surface area contributed by atoms with E-state index in [1.54, 1.807) is 18.2 Å². The second-order valence-corrected chi connectivity index (χ2v) is 5.30. The molecule has 0 saturated carbocycles. The van der Waals surface area contributed by atoms with Gasteiger partial charge in [-0.15, -0.1) is 0 Å². The van der Waals surface area contributed by atoms with Crippen LogP contribution in [0.4, 0.5) is 0 Å². The minimum atomic E-state index is -0.486. The molecule has 126 valence electrons. The van der Waals surface area contributed by atoms with Crippen LogP contribution in [0.25, 0.3) is 0 Å². The Balaban J connectivity index is 1.98. The van der Waals surface area contributed by atoms with E-state index >= 15 is 0 Å². The van der Waals surface area contributed by atoms with Gasteiger partial charge in [0, 0.05) is 13.1 Å². The van der Waals surface area contributed by atoms with Gasteiger partial charge in [-0.2, -0.15) is 0 Å². The third kappa shape index (κ3) is 4.20. The molecule has 3 N–H and O–H groups in total. The molecule has 0 spiro atoms. The van der Waals surface area contributed by atoms with E-state index in [0.717, 1.165) is 12.0 Å². The fourth-order valence-corrected chi connectivity index (χ4v) is 2.51. The SMILES string of the molecule is COC(=O)c1cc(CNC(=O)[C@@H]2CC[C@H](CN)O2)ccc1OC. The smallest absolute Gasteiger partial charge is 0.341 e. The van der Waals surface area contributed by atoms with Gasteiger partial charge in [-0.25, -0.2) is 4.79 Å². The number of nitrogens with two attached hydrogens (primary N) is 1. The van der Waals surface area contributed by atoms with Crippen LogP contribution in [0, 0.1) is 0 Å². The average Bonchev–Trinajstić information content (AvgIpc) is 3.08. The van der Waals surface area contributed by atoms with E-state index < -0.39 is 12.1 Å². The Labute approximate surface area is 135 Å². The molecule has 0 aromatic heterocycles. The van der Waals surface area contributed by atoms with Crippen molar-refractivity contribution in [2.75, 3.05) is 20.8 Å². The Hall–Kier alpha value is -2.12. The fraction of sp³-hybridized carbons (Fsp3) is 0.500. The molecule has 0 radical (unpaired) electrons. The highest BCUT2D eigenvalue weighted by Crippen LogP contribution is 2.21. The molecule has 23 heavy (non-hydrogen) atoms. The number of esters is 1. The quantitative estimate of drug-likeness (QED) is 0.744. The highest BCUT2D eigenvalue weighted by Gasteiger charge is 2.29. The first-order chi connectivity index (χ1) is 11.1. The summed E-state index contributed by atoms with van der Waals surface area (Å²) in [6.45, 7) is 0.713.